The van der Waals surface area contributed by atoms with Gasteiger partial charge in [-0.15, -0.1) is 0 Å². The van der Waals surface area contributed by atoms with Crippen LogP contribution in [0.4, 0.5) is 20.2 Å². The van der Waals surface area contributed by atoms with Crippen LogP contribution in [-0.2, 0) is 29.5 Å². The van der Waals surface area contributed by atoms with Crippen molar-refractivity contribution in [3.63, 3.8) is 0 Å². The number of pyridine rings is 6. The van der Waals surface area contributed by atoms with Crippen LogP contribution in [0.15, 0.2) is 102 Å². The summed E-state index contributed by atoms with van der Waals surface area (Å²) in [6.07, 6.45) is 16.7. The molecule has 0 spiro atoms. The lowest BCUT2D eigenvalue weighted by Crippen LogP contribution is -2.27. The summed E-state index contributed by atoms with van der Waals surface area (Å²) in [4.78, 5) is 61.0. The molecule has 2 fully saturated rings. The van der Waals surface area contributed by atoms with Crippen molar-refractivity contribution in [3.05, 3.63) is 164 Å². The largest absolute Gasteiger partial charge is 0.465 e. The van der Waals surface area contributed by atoms with Gasteiger partial charge < -0.3 is 20.5 Å². The smallest absolute Gasteiger partial charge is 0.339 e. The number of aryl methyl sites for hydroxylation is 2. The van der Waals surface area contributed by atoms with Gasteiger partial charge in [0.2, 0.25) is 20.0 Å². The van der Waals surface area contributed by atoms with Gasteiger partial charge in [0.15, 0.2) is 0 Å². The third-order valence-electron chi connectivity index (χ3n) is 12.4. The van der Waals surface area contributed by atoms with Crippen LogP contribution >= 0.6 is 15.9 Å². The zero-order valence-electron chi connectivity index (χ0n) is 44.3. The van der Waals surface area contributed by atoms with Crippen molar-refractivity contribution in [2.75, 3.05) is 36.2 Å². The fourth-order valence-electron chi connectivity index (χ4n) is 7.94. The number of rotatable bonds is 12. The van der Waals surface area contributed by atoms with E-state index in [0.717, 1.165) is 51.2 Å². The monoisotopic (exact) mass is 1180 g/mol. The number of benzene rings is 2. The molecule has 0 radical (unpaired) electrons. The van der Waals surface area contributed by atoms with Gasteiger partial charge in [-0.25, -0.2) is 35.2 Å². The number of carbonyl (C=O) groups excluding carboxylic acids is 3. The molecule has 414 valence electrons. The Labute approximate surface area is 463 Å². The van der Waals surface area contributed by atoms with E-state index in [9.17, 15) is 40.0 Å². The molecular formula is C55H57BrF2N10O9S2. The molecule has 2 atom stereocenters. The van der Waals surface area contributed by atoms with Gasteiger partial charge in [0.1, 0.15) is 11.6 Å². The van der Waals surface area contributed by atoms with Gasteiger partial charge in [-0.2, -0.15) is 0 Å². The number of anilines is 2. The molecule has 1 amide bonds. The number of carbonyl (C=O) groups is 3. The number of nitrogens with two attached hydrogens (primary N) is 1. The number of nitrogens with zero attached hydrogens (tertiary/aromatic N) is 6. The van der Waals surface area contributed by atoms with Gasteiger partial charge in [0.25, 0.3) is 5.91 Å². The molecule has 2 aliphatic rings. The van der Waals surface area contributed by atoms with Crippen molar-refractivity contribution in [3.8, 4) is 0 Å². The zero-order valence-corrected chi connectivity index (χ0v) is 47.5. The predicted octanol–water partition coefficient (Wildman–Crippen LogP) is 9.82. The number of sulfonamides is 2. The number of amides is 1. The van der Waals surface area contributed by atoms with Crippen LogP contribution in [0, 0.1) is 25.5 Å². The Morgan fingerprint density at radius 1 is 0.570 bits per heavy atom. The molecule has 2 saturated carbocycles. The van der Waals surface area contributed by atoms with E-state index in [-0.39, 0.29) is 22.9 Å². The van der Waals surface area contributed by atoms with Crippen LogP contribution in [-0.4, -0.2) is 91.3 Å². The fourth-order valence-corrected chi connectivity index (χ4v) is 9.50. The maximum Gasteiger partial charge on any atom is 0.339 e. The van der Waals surface area contributed by atoms with Crippen LogP contribution in [0.1, 0.15) is 128 Å². The molecule has 8 aromatic rings. The zero-order chi connectivity index (χ0) is 57.5. The highest BCUT2D eigenvalue weighted by Gasteiger charge is 2.26. The molecular weight excluding hydrogens is 1130 g/mol. The summed E-state index contributed by atoms with van der Waals surface area (Å²) in [6.45, 7) is 6.69. The predicted molar refractivity (Wildman–Crippen MR) is 301 cm³/mol. The molecule has 19 nitrogen and oxygen atoms in total. The lowest BCUT2D eigenvalue weighted by Gasteiger charge is -2.18. The van der Waals surface area contributed by atoms with Crippen LogP contribution in [0.5, 0.6) is 0 Å². The second-order valence-electron chi connectivity index (χ2n) is 19.1. The molecule has 79 heavy (non-hydrogen) atoms. The van der Waals surface area contributed by atoms with Gasteiger partial charge in [0.05, 0.1) is 93.9 Å². The molecule has 0 saturated heterocycles. The third kappa shape index (κ3) is 16.2. The van der Waals surface area contributed by atoms with E-state index < -0.39 is 55.6 Å². The number of nitrogens with one attached hydrogen (secondary N) is 3. The summed E-state index contributed by atoms with van der Waals surface area (Å²) in [6, 6.07) is 15.2. The van der Waals surface area contributed by atoms with E-state index in [1.54, 1.807) is 58.2 Å². The molecule has 0 unspecified atom stereocenters. The number of esters is 2. The topological polar surface area (TPSA) is 277 Å². The Hall–Kier alpha value is -7.67. The van der Waals surface area contributed by atoms with Gasteiger partial charge in [-0.1, -0.05) is 0 Å². The van der Waals surface area contributed by atoms with Crippen molar-refractivity contribution in [1.82, 2.24) is 35.2 Å². The van der Waals surface area contributed by atoms with Crippen molar-refractivity contribution in [2.24, 2.45) is 5.73 Å². The summed E-state index contributed by atoms with van der Waals surface area (Å²) >= 11 is 3.30. The first-order valence-electron chi connectivity index (χ1n) is 24.5. The Morgan fingerprint density at radius 2 is 0.937 bits per heavy atom. The number of methoxy groups -OCH3 is 2. The number of aromatic nitrogens is 6. The highest BCUT2D eigenvalue weighted by atomic mass is 79.9. The quantitative estimate of drug-likeness (QED) is 0.0828. The first-order chi connectivity index (χ1) is 37.3. The molecule has 2 aromatic carbocycles. The highest BCUT2D eigenvalue weighted by Crippen LogP contribution is 2.41. The number of ether oxygens (including phenoxy) is 2. The van der Waals surface area contributed by atoms with Crippen LogP contribution in [0.25, 0.3) is 33.1 Å². The first-order valence-corrected chi connectivity index (χ1v) is 29.1. The maximum atomic E-state index is 14.6. The van der Waals surface area contributed by atoms with Gasteiger partial charge in [-0.3, -0.25) is 44.1 Å². The molecule has 2 aliphatic carbocycles. The molecule has 5 N–H and O–H groups in total. The van der Waals surface area contributed by atoms with Gasteiger partial charge >= 0.3 is 11.9 Å². The number of halogens is 3. The average Bonchev–Trinajstić information content (AvgIpc) is 4.40. The number of hydrogen-bond acceptors (Lipinski definition) is 16. The normalized spacial score (nSPS) is 13.8. The molecule has 0 bridgehead atoms. The SMILES string of the molecule is COC(=O)c1cnc2cc(Br)cnc2c1.COC(=O)c1cnc2cc(C3CC3)cnc2c1.Cc1cc([C@@H](C)N)c(F)cc1NS(C)(=O)=O.Cc1cc([C@@H](C)NC(=O)c2cnc3cc(C4CC4)cnc3c2)c(F)cc1NS(C)(=O)=O. The van der Waals surface area contributed by atoms with Crippen molar-refractivity contribution < 1.29 is 49.5 Å². The van der Waals surface area contributed by atoms with E-state index >= 15 is 0 Å². The van der Waals surface area contributed by atoms with E-state index in [1.807, 2.05) is 24.5 Å². The van der Waals surface area contributed by atoms with Crippen LogP contribution < -0.4 is 20.5 Å². The van der Waals surface area contributed by atoms with E-state index in [1.165, 1.54) is 75.7 Å². The Kier molecular flexibility index (Phi) is 18.7. The molecule has 6 heterocycles. The molecule has 0 aliphatic heterocycles. The molecule has 24 heteroatoms. The van der Waals surface area contributed by atoms with Gasteiger partial charge in [0, 0.05) is 58.8 Å². The van der Waals surface area contributed by atoms with Crippen LogP contribution in [0.3, 0.4) is 0 Å². The number of hydrogen-bond donors (Lipinski definition) is 4. The fraction of sp³-hybridized carbons (Fsp3) is 0.291. The van der Waals surface area contributed by atoms with E-state index in [2.05, 4.69) is 76.1 Å². The first kappa shape index (κ1) is 59.0. The second-order valence-corrected chi connectivity index (χ2v) is 23.5. The standard InChI is InChI=1S/C22H23FN4O3S.C13H12N2O2.C10H7BrN2O2.C10H15FN2O2S/c1-12-6-17(18(23)9-19(12)27-31(3,29)30)13(2)26-22(28)16-8-21-20(25-11-16)7-15(10-24-21)14-4-5-14;1-17-13(16)10-5-12-11(15-7-10)4-9(6-14-12)8-2-3-8;1-15-10(14)6-2-8-9(12-4-6)3-7(11)5-13-8;1-6-4-8(7(2)12)9(11)5-10(6)13-16(3,14)15/h6-11,13-14,27H,4-5H2,1-3H3,(H,26,28);4-8H,2-3H2,1H3;2-5H,1H3;4-5,7,13H,12H2,1-3H3/t13-;;;7-/m1..1/s1. The maximum absolute atomic E-state index is 14.6. The summed E-state index contributed by atoms with van der Waals surface area (Å²) in [5, 5.41) is 2.77. The molecule has 10 rings (SSSR count). The summed E-state index contributed by atoms with van der Waals surface area (Å²) < 4.78 is 87.7. The average molecular weight is 1180 g/mol. The summed E-state index contributed by atoms with van der Waals surface area (Å²) in [5.41, 5.74) is 15.7. The van der Waals surface area contributed by atoms with Crippen molar-refractivity contribution >= 4 is 98.3 Å². The lowest BCUT2D eigenvalue weighted by molar-refractivity contribution is 0.0591. The Morgan fingerprint density at radius 3 is 1.35 bits per heavy atom. The van der Waals surface area contributed by atoms with E-state index in [4.69, 9.17) is 5.73 Å². The Balaban J connectivity index is 0.000000161. The second kappa shape index (κ2) is 25.0. The van der Waals surface area contributed by atoms with Gasteiger partial charge in [-0.05, 0) is 164 Å². The lowest BCUT2D eigenvalue weighted by atomic mass is 10.0. The minimum absolute atomic E-state index is 0.164. The van der Waals surface area contributed by atoms with Crippen molar-refractivity contribution in [2.45, 2.75) is 77.3 Å². The third-order valence-corrected chi connectivity index (χ3v) is 14.0. The minimum Gasteiger partial charge on any atom is -0.465 e. The van der Waals surface area contributed by atoms with E-state index in [0.29, 0.717) is 56.2 Å². The summed E-state index contributed by atoms with van der Waals surface area (Å²) in [5.74, 6) is -1.08. The highest BCUT2D eigenvalue weighted by molar-refractivity contribution is 9.10. The minimum atomic E-state index is -3.53. The van der Waals surface area contributed by atoms with Crippen LogP contribution in [0.2, 0.25) is 0 Å². The summed E-state index contributed by atoms with van der Waals surface area (Å²) in [7, 11) is -4.23. The molecule has 6 aromatic heterocycles. The Bertz CT molecular complexity index is 3870. The number of fused-ring (bicyclic) bond motifs is 3. The van der Waals surface area contributed by atoms with Crippen molar-refractivity contribution in [1.29, 1.82) is 0 Å².